The predicted octanol–water partition coefficient (Wildman–Crippen LogP) is 8.94. The number of esters is 3. The van der Waals surface area contributed by atoms with Crippen LogP contribution in [0, 0.1) is 29.1 Å². The number of nitrogens with zero attached hydrogens (tertiary/aromatic N) is 2. The molecule has 0 radical (unpaired) electrons. The summed E-state index contributed by atoms with van der Waals surface area (Å²) in [5.41, 5.74) is 1.08. The van der Waals surface area contributed by atoms with Gasteiger partial charge in [-0.1, -0.05) is 63.3 Å². The van der Waals surface area contributed by atoms with Crippen molar-refractivity contribution < 1.29 is 28.6 Å². The van der Waals surface area contributed by atoms with E-state index in [4.69, 9.17) is 14.2 Å². The number of imidazole rings is 1. The van der Waals surface area contributed by atoms with Crippen LogP contribution in [-0.2, 0) is 35.0 Å². The van der Waals surface area contributed by atoms with Crippen LogP contribution in [0.4, 0.5) is 0 Å². The van der Waals surface area contributed by atoms with Crippen molar-refractivity contribution >= 4 is 17.9 Å². The van der Waals surface area contributed by atoms with E-state index in [2.05, 4.69) is 41.2 Å². The van der Waals surface area contributed by atoms with E-state index in [0.29, 0.717) is 24.7 Å². The van der Waals surface area contributed by atoms with Gasteiger partial charge < -0.3 is 19.2 Å². The van der Waals surface area contributed by atoms with E-state index in [1.54, 1.807) is 12.5 Å². The Hall–Kier alpha value is -2.94. The highest BCUT2D eigenvalue weighted by Gasteiger charge is 2.50. The molecule has 52 heavy (non-hydrogen) atoms. The molecule has 1 aromatic heterocycles. The third-order valence-corrected chi connectivity index (χ3v) is 11.6. The number of H-pyrrole nitrogens is 1. The first kappa shape index (κ1) is 41.8. The van der Waals surface area contributed by atoms with Gasteiger partial charge in [-0.2, -0.15) is 0 Å². The van der Waals surface area contributed by atoms with Gasteiger partial charge in [-0.3, -0.25) is 19.3 Å². The van der Waals surface area contributed by atoms with Crippen LogP contribution in [0.3, 0.4) is 0 Å². The minimum absolute atomic E-state index is 0.00295. The van der Waals surface area contributed by atoms with Gasteiger partial charge in [0, 0.05) is 25.5 Å². The first-order chi connectivity index (χ1) is 25.2. The quantitative estimate of drug-likeness (QED) is 0.0415. The van der Waals surface area contributed by atoms with Gasteiger partial charge in [-0.25, -0.2) is 4.98 Å². The number of hydrogen-bond donors (Lipinski definition) is 1. The Morgan fingerprint density at radius 1 is 0.808 bits per heavy atom. The molecule has 9 heteroatoms. The molecule has 1 N–H and O–H groups in total. The highest BCUT2D eigenvalue weighted by Crippen LogP contribution is 2.61. The average molecular weight is 724 g/mol. The molecular formula is C43H69N3O6. The van der Waals surface area contributed by atoms with Crippen molar-refractivity contribution in [2.45, 2.75) is 148 Å². The van der Waals surface area contributed by atoms with Gasteiger partial charge in [0.2, 0.25) is 0 Å². The standard InChI is InChI=1S/C43H69N3O6/c1-4-5-6-7-8-9-10-11-12-13-14-15-16-17-18-19-40(47)50-30-37(32-52-42(49)39(46(2)3)25-38-29-44-33-45-38)31-51-41(48)20-21-43-26-34-22-35(27-43)24-36(23-34)28-43/h8-9,11-12,29,33-37,39H,4-7,10,13-28,30-32H2,1-3H3,(H,44,45)/b9-8-,12-11-/t34?,35?,36?,37?,39-,43?/m0/s1. The second kappa shape index (κ2) is 23.0. The number of likely N-dealkylation sites (N-methyl/N-ethyl adjacent to an activating group) is 1. The van der Waals surface area contributed by atoms with Crippen LogP contribution in [-0.4, -0.2) is 72.7 Å². The van der Waals surface area contributed by atoms with Gasteiger partial charge in [0.05, 0.1) is 17.9 Å². The van der Waals surface area contributed by atoms with Crippen LogP contribution in [0.1, 0.15) is 141 Å². The fourth-order valence-electron chi connectivity index (χ4n) is 9.13. The first-order valence-electron chi connectivity index (χ1n) is 20.7. The van der Waals surface area contributed by atoms with Crippen LogP contribution in [0.2, 0.25) is 0 Å². The number of nitrogens with one attached hydrogen (secondary N) is 1. The van der Waals surface area contributed by atoms with Crippen molar-refractivity contribution in [3.8, 4) is 0 Å². The van der Waals surface area contributed by atoms with E-state index in [9.17, 15) is 14.4 Å². The zero-order valence-corrected chi connectivity index (χ0v) is 32.7. The molecule has 0 amide bonds. The topological polar surface area (TPSA) is 111 Å². The maximum Gasteiger partial charge on any atom is 0.323 e. The largest absolute Gasteiger partial charge is 0.465 e. The van der Waals surface area contributed by atoms with E-state index in [-0.39, 0.29) is 37.7 Å². The molecule has 1 unspecified atom stereocenters. The van der Waals surface area contributed by atoms with Gasteiger partial charge in [-0.05, 0) is 121 Å². The summed E-state index contributed by atoms with van der Waals surface area (Å²) in [7, 11) is 3.66. The molecule has 5 rings (SSSR count). The maximum absolute atomic E-state index is 13.1. The maximum atomic E-state index is 13.1. The highest BCUT2D eigenvalue weighted by molar-refractivity contribution is 5.76. The molecule has 4 aliphatic rings. The summed E-state index contributed by atoms with van der Waals surface area (Å²) in [5, 5.41) is 0. The summed E-state index contributed by atoms with van der Waals surface area (Å²) >= 11 is 0. The van der Waals surface area contributed by atoms with Crippen molar-refractivity contribution in [3.05, 3.63) is 42.5 Å². The smallest absolute Gasteiger partial charge is 0.323 e. The van der Waals surface area contributed by atoms with E-state index in [1.807, 2.05) is 19.0 Å². The number of aromatic amines is 1. The molecule has 4 fully saturated rings. The number of rotatable bonds is 27. The van der Waals surface area contributed by atoms with E-state index in [1.165, 1.54) is 70.6 Å². The fraction of sp³-hybridized carbons (Fsp3) is 0.767. The molecular weight excluding hydrogens is 654 g/mol. The van der Waals surface area contributed by atoms with Crippen molar-refractivity contribution in [2.75, 3.05) is 33.9 Å². The summed E-state index contributed by atoms with van der Waals surface area (Å²) in [5.74, 6) is 1.24. The summed E-state index contributed by atoms with van der Waals surface area (Å²) in [6.07, 6.45) is 34.8. The minimum Gasteiger partial charge on any atom is -0.465 e. The van der Waals surface area contributed by atoms with Crippen LogP contribution >= 0.6 is 0 Å². The number of ether oxygens (including phenoxy) is 3. The SMILES string of the molecule is CCCCC/C=C\C/C=C\CCCCCCCC(=O)OCC(COC(=O)CCC12CC3CC(CC(C3)C1)C2)COC(=O)[C@H](Cc1c[nH]cn1)N(C)C. The van der Waals surface area contributed by atoms with Crippen molar-refractivity contribution in [2.24, 2.45) is 29.1 Å². The molecule has 0 aromatic carbocycles. The van der Waals surface area contributed by atoms with Gasteiger partial charge >= 0.3 is 17.9 Å². The normalized spacial score (nSPS) is 23.4. The Morgan fingerprint density at radius 2 is 1.38 bits per heavy atom. The molecule has 1 heterocycles. The Bertz CT molecular complexity index is 1210. The first-order valence-corrected chi connectivity index (χ1v) is 20.7. The Morgan fingerprint density at radius 3 is 1.98 bits per heavy atom. The Kier molecular flexibility index (Phi) is 18.5. The van der Waals surface area contributed by atoms with E-state index >= 15 is 0 Å². The lowest BCUT2D eigenvalue weighted by molar-refractivity contribution is -0.156. The molecule has 0 saturated heterocycles. The van der Waals surface area contributed by atoms with Gasteiger partial charge in [0.1, 0.15) is 25.9 Å². The Balaban J connectivity index is 1.14. The molecule has 4 bridgehead atoms. The van der Waals surface area contributed by atoms with Crippen molar-refractivity contribution in [3.63, 3.8) is 0 Å². The number of carbonyl (C=O) groups is 3. The molecule has 4 aliphatic carbocycles. The lowest BCUT2D eigenvalue weighted by Gasteiger charge is -2.57. The van der Waals surface area contributed by atoms with Crippen LogP contribution in [0.5, 0.6) is 0 Å². The van der Waals surface area contributed by atoms with E-state index < -0.39 is 12.0 Å². The number of carbonyl (C=O) groups excluding carboxylic acids is 3. The molecule has 1 aromatic rings. The van der Waals surface area contributed by atoms with Crippen LogP contribution in [0.15, 0.2) is 36.8 Å². The van der Waals surface area contributed by atoms with Gasteiger partial charge in [-0.15, -0.1) is 0 Å². The molecule has 0 aliphatic heterocycles. The molecule has 4 saturated carbocycles. The van der Waals surface area contributed by atoms with Crippen molar-refractivity contribution in [1.82, 2.24) is 14.9 Å². The molecule has 292 valence electrons. The fourth-order valence-corrected chi connectivity index (χ4v) is 9.13. The van der Waals surface area contributed by atoms with Crippen LogP contribution < -0.4 is 0 Å². The zero-order valence-electron chi connectivity index (χ0n) is 32.7. The third kappa shape index (κ3) is 15.2. The average Bonchev–Trinajstić information content (AvgIpc) is 3.64. The second-order valence-corrected chi connectivity index (χ2v) is 16.5. The lowest BCUT2D eigenvalue weighted by atomic mass is 9.48. The minimum atomic E-state index is -0.521. The monoisotopic (exact) mass is 724 g/mol. The molecule has 0 spiro atoms. The molecule has 2 atom stereocenters. The van der Waals surface area contributed by atoms with Gasteiger partial charge in [0.15, 0.2) is 0 Å². The summed E-state index contributed by atoms with van der Waals surface area (Å²) in [6.45, 7) is 2.33. The summed E-state index contributed by atoms with van der Waals surface area (Å²) < 4.78 is 17.2. The van der Waals surface area contributed by atoms with Crippen LogP contribution in [0.25, 0.3) is 0 Å². The molecule has 9 nitrogen and oxygen atoms in total. The van der Waals surface area contributed by atoms with Crippen molar-refractivity contribution in [1.29, 1.82) is 0 Å². The number of unbranched alkanes of at least 4 members (excludes halogenated alkanes) is 8. The summed E-state index contributed by atoms with van der Waals surface area (Å²) in [6, 6.07) is -0.521. The predicted molar refractivity (Wildman–Crippen MR) is 205 cm³/mol. The zero-order chi connectivity index (χ0) is 37.0. The van der Waals surface area contributed by atoms with E-state index in [0.717, 1.165) is 68.4 Å². The number of aromatic nitrogens is 2. The number of hydrogen-bond acceptors (Lipinski definition) is 8. The van der Waals surface area contributed by atoms with Gasteiger partial charge in [0.25, 0.3) is 0 Å². The second-order valence-electron chi connectivity index (χ2n) is 16.5. The third-order valence-electron chi connectivity index (χ3n) is 11.6. The Labute approximate surface area is 314 Å². The summed E-state index contributed by atoms with van der Waals surface area (Å²) in [4.78, 5) is 47.8. The lowest BCUT2D eigenvalue weighted by Crippen LogP contribution is -2.46. The highest BCUT2D eigenvalue weighted by atomic mass is 16.6. The number of allylic oxidation sites excluding steroid dienone is 4.